The Morgan fingerprint density at radius 2 is 1.96 bits per heavy atom. The van der Waals surface area contributed by atoms with E-state index < -0.39 is 0 Å². The minimum atomic E-state index is -0.381. The van der Waals surface area contributed by atoms with Crippen molar-refractivity contribution in [1.29, 1.82) is 0 Å². The van der Waals surface area contributed by atoms with Crippen LogP contribution in [0, 0.1) is 5.82 Å². The van der Waals surface area contributed by atoms with Gasteiger partial charge >= 0.3 is 0 Å². The summed E-state index contributed by atoms with van der Waals surface area (Å²) in [6.07, 6.45) is 0.140. The average Bonchev–Trinajstić information content (AvgIpc) is 3.16. The molecule has 27 heavy (non-hydrogen) atoms. The summed E-state index contributed by atoms with van der Waals surface area (Å²) in [6, 6.07) is 13.2. The lowest BCUT2D eigenvalue weighted by atomic mass is 10.1. The quantitative estimate of drug-likeness (QED) is 0.690. The van der Waals surface area contributed by atoms with Crippen molar-refractivity contribution in [1.82, 2.24) is 10.5 Å². The summed E-state index contributed by atoms with van der Waals surface area (Å²) in [7, 11) is 3.10. The molecular formula is C20H19FN2O4. The lowest BCUT2D eigenvalue weighted by molar-refractivity contribution is -0.120. The van der Waals surface area contributed by atoms with Gasteiger partial charge in [0.25, 0.3) is 0 Å². The third kappa shape index (κ3) is 4.44. The molecule has 0 aliphatic rings. The minimum Gasteiger partial charge on any atom is -0.497 e. The topological polar surface area (TPSA) is 73.6 Å². The molecule has 0 radical (unpaired) electrons. The van der Waals surface area contributed by atoms with Gasteiger partial charge in [0, 0.05) is 23.3 Å². The number of benzene rings is 2. The summed E-state index contributed by atoms with van der Waals surface area (Å²) in [6.45, 7) is 0.152. The third-order valence-electron chi connectivity index (χ3n) is 4.01. The molecule has 6 nitrogen and oxygen atoms in total. The van der Waals surface area contributed by atoms with Crippen LogP contribution in [0.25, 0.3) is 11.3 Å². The second kappa shape index (κ2) is 8.35. The highest BCUT2D eigenvalue weighted by molar-refractivity contribution is 5.79. The Bertz CT molecular complexity index is 939. The first-order valence-electron chi connectivity index (χ1n) is 8.29. The Hall–Kier alpha value is -3.35. The van der Waals surface area contributed by atoms with Crippen molar-refractivity contribution in [2.24, 2.45) is 0 Å². The van der Waals surface area contributed by atoms with Gasteiger partial charge in [0.15, 0.2) is 5.76 Å². The van der Waals surface area contributed by atoms with Crippen LogP contribution in [0.3, 0.4) is 0 Å². The molecule has 2 aromatic carbocycles. The molecule has 0 fully saturated rings. The third-order valence-corrected chi connectivity index (χ3v) is 4.01. The number of amides is 1. The Balaban J connectivity index is 1.61. The number of methoxy groups -OCH3 is 2. The molecule has 0 saturated carbocycles. The van der Waals surface area contributed by atoms with Crippen molar-refractivity contribution >= 4 is 5.91 Å². The molecular weight excluding hydrogens is 351 g/mol. The Morgan fingerprint density at radius 3 is 2.70 bits per heavy atom. The highest BCUT2D eigenvalue weighted by Gasteiger charge is 2.13. The number of ether oxygens (including phenoxy) is 2. The van der Waals surface area contributed by atoms with Gasteiger partial charge in [-0.25, -0.2) is 4.39 Å². The first-order valence-corrected chi connectivity index (χ1v) is 8.29. The lowest BCUT2D eigenvalue weighted by Gasteiger charge is -2.10. The molecule has 140 valence electrons. The molecule has 0 aliphatic carbocycles. The fourth-order valence-corrected chi connectivity index (χ4v) is 2.61. The normalized spacial score (nSPS) is 10.5. The van der Waals surface area contributed by atoms with Gasteiger partial charge in [0.2, 0.25) is 5.91 Å². The van der Waals surface area contributed by atoms with Gasteiger partial charge in [0.1, 0.15) is 23.0 Å². The zero-order valence-corrected chi connectivity index (χ0v) is 15.0. The SMILES string of the molecule is COc1ccc(CC(=O)NCc2cc(-c3ccccc3F)no2)c(OC)c1. The smallest absolute Gasteiger partial charge is 0.224 e. The molecule has 3 rings (SSSR count). The number of hydrogen-bond acceptors (Lipinski definition) is 5. The molecule has 7 heteroatoms. The molecule has 0 bridgehead atoms. The number of carbonyl (C=O) groups excluding carboxylic acids is 1. The van der Waals surface area contributed by atoms with Crippen molar-refractivity contribution in [2.45, 2.75) is 13.0 Å². The standard InChI is InChI=1S/C20H19FN2O4/c1-25-14-8-7-13(19(11-14)26-2)9-20(24)22-12-15-10-18(23-27-15)16-5-3-4-6-17(16)21/h3-8,10-11H,9,12H2,1-2H3,(H,22,24). The molecule has 0 unspecified atom stereocenters. The van der Waals surface area contributed by atoms with Gasteiger partial charge in [-0.2, -0.15) is 0 Å². The molecule has 1 amide bonds. The minimum absolute atomic E-state index is 0.140. The average molecular weight is 370 g/mol. The van der Waals surface area contributed by atoms with Crippen LogP contribution in [0.4, 0.5) is 4.39 Å². The van der Waals surface area contributed by atoms with Crippen LogP contribution in [0.1, 0.15) is 11.3 Å². The predicted molar refractivity (Wildman–Crippen MR) is 97.0 cm³/mol. The first kappa shape index (κ1) is 18.4. The predicted octanol–water partition coefficient (Wildman–Crippen LogP) is 3.36. The van der Waals surface area contributed by atoms with Crippen LogP contribution in [0.5, 0.6) is 11.5 Å². The number of rotatable bonds is 7. The van der Waals surface area contributed by atoms with Crippen LogP contribution in [0.2, 0.25) is 0 Å². The van der Waals surface area contributed by atoms with E-state index in [1.807, 2.05) is 0 Å². The number of aromatic nitrogens is 1. The van der Waals surface area contributed by atoms with Crippen LogP contribution in [-0.4, -0.2) is 25.3 Å². The lowest BCUT2D eigenvalue weighted by Crippen LogP contribution is -2.24. The van der Waals surface area contributed by atoms with Crippen molar-refractivity contribution in [3.63, 3.8) is 0 Å². The molecule has 0 saturated heterocycles. The maximum absolute atomic E-state index is 13.8. The van der Waals surface area contributed by atoms with E-state index in [1.54, 1.807) is 49.6 Å². The zero-order valence-electron chi connectivity index (χ0n) is 15.0. The first-order chi connectivity index (χ1) is 13.1. The van der Waals surface area contributed by atoms with Crippen LogP contribution < -0.4 is 14.8 Å². The fourth-order valence-electron chi connectivity index (χ4n) is 2.61. The molecule has 1 heterocycles. The van der Waals surface area contributed by atoms with Crippen molar-refractivity contribution in [2.75, 3.05) is 14.2 Å². The molecule has 1 aromatic heterocycles. The highest BCUT2D eigenvalue weighted by Crippen LogP contribution is 2.25. The maximum Gasteiger partial charge on any atom is 0.224 e. The monoisotopic (exact) mass is 370 g/mol. The number of nitrogens with one attached hydrogen (secondary N) is 1. The van der Waals surface area contributed by atoms with Gasteiger partial charge in [-0.15, -0.1) is 0 Å². The fraction of sp³-hybridized carbons (Fsp3) is 0.200. The molecule has 0 spiro atoms. The van der Waals surface area contributed by atoms with Gasteiger partial charge in [-0.1, -0.05) is 23.4 Å². The summed E-state index contributed by atoms with van der Waals surface area (Å²) in [5, 5.41) is 6.61. The summed E-state index contributed by atoms with van der Waals surface area (Å²) in [4.78, 5) is 12.2. The van der Waals surface area contributed by atoms with E-state index >= 15 is 0 Å². The Kier molecular flexibility index (Phi) is 5.71. The molecule has 0 atom stereocenters. The maximum atomic E-state index is 13.8. The van der Waals surface area contributed by atoms with E-state index in [1.165, 1.54) is 13.2 Å². The van der Waals surface area contributed by atoms with E-state index in [0.29, 0.717) is 28.5 Å². The summed E-state index contributed by atoms with van der Waals surface area (Å²) < 4.78 is 29.4. The van der Waals surface area contributed by atoms with Crippen molar-refractivity contribution in [3.8, 4) is 22.8 Å². The number of hydrogen-bond donors (Lipinski definition) is 1. The van der Waals surface area contributed by atoms with Crippen LogP contribution in [-0.2, 0) is 17.8 Å². The van der Waals surface area contributed by atoms with E-state index in [9.17, 15) is 9.18 Å². The summed E-state index contributed by atoms with van der Waals surface area (Å²) in [5.41, 5.74) is 1.47. The van der Waals surface area contributed by atoms with Gasteiger partial charge in [-0.05, 0) is 18.2 Å². The van der Waals surface area contributed by atoms with E-state index in [-0.39, 0.29) is 24.7 Å². The summed E-state index contributed by atoms with van der Waals surface area (Å²) >= 11 is 0. The van der Waals surface area contributed by atoms with E-state index in [2.05, 4.69) is 10.5 Å². The molecule has 1 N–H and O–H groups in total. The number of carbonyl (C=O) groups is 1. The highest BCUT2D eigenvalue weighted by atomic mass is 19.1. The van der Waals surface area contributed by atoms with E-state index in [4.69, 9.17) is 14.0 Å². The second-order valence-electron chi connectivity index (χ2n) is 5.79. The van der Waals surface area contributed by atoms with Crippen molar-refractivity contribution < 1.29 is 23.2 Å². The largest absolute Gasteiger partial charge is 0.497 e. The number of nitrogens with zero attached hydrogens (tertiary/aromatic N) is 1. The molecule has 0 aliphatic heterocycles. The zero-order chi connectivity index (χ0) is 19.2. The Morgan fingerprint density at radius 1 is 1.15 bits per heavy atom. The van der Waals surface area contributed by atoms with Crippen LogP contribution in [0.15, 0.2) is 53.1 Å². The van der Waals surface area contributed by atoms with Gasteiger partial charge < -0.3 is 19.3 Å². The van der Waals surface area contributed by atoms with E-state index in [0.717, 1.165) is 5.56 Å². The van der Waals surface area contributed by atoms with Crippen molar-refractivity contribution in [3.05, 3.63) is 65.7 Å². The van der Waals surface area contributed by atoms with Gasteiger partial charge in [0.05, 0.1) is 27.2 Å². The summed E-state index contributed by atoms with van der Waals surface area (Å²) in [5.74, 6) is 1.07. The number of halogens is 1. The van der Waals surface area contributed by atoms with Crippen LogP contribution >= 0.6 is 0 Å². The van der Waals surface area contributed by atoms with Gasteiger partial charge in [-0.3, -0.25) is 4.79 Å². The Labute approximate surface area is 155 Å². The second-order valence-corrected chi connectivity index (χ2v) is 5.79. The molecule has 3 aromatic rings.